The molecule has 1 aromatic rings. The van der Waals surface area contributed by atoms with Crippen LogP contribution in [0.2, 0.25) is 0 Å². The summed E-state index contributed by atoms with van der Waals surface area (Å²) in [5, 5.41) is 15.8. The minimum Gasteiger partial charge on any atom is -0.508 e. The van der Waals surface area contributed by atoms with Gasteiger partial charge in [0.05, 0.1) is 0 Å². The number of phenolic OH excluding ortho intramolecular Hbond substituents is 1. The molecule has 0 radical (unpaired) electrons. The van der Waals surface area contributed by atoms with Crippen molar-refractivity contribution in [3.63, 3.8) is 0 Å². The lowest BCUT2D eigenvalue weighted by Crippen LogP contribution is -1.76. The molecule has 1 rings (SSSR count). The van der Waals surface area contributed by atoms with Crippen molar-refractivity contribution in [1.82, 2.24) is 0 Å². The summed E-state index contributed by atoms with van der Waals surface area (Å²) in [4.78, 5) is 8.36. The minimum atomic E-state index is -0.250. The van der Waals surface area contributed by atoms with E-state index in [2.05, 4.69) is 0 Å². The molecule has 0 aliphatic carbocycles. The van der Waals surface area contributed by atoms with Gasteiger partial charge in [0.15, 0.2) is 0 Å². The molecule has 0 unspecified atom stereocenters. The van der Waals surface area contributed by atoms with Gasteiger partial charge >= 0.3 is 0 Å². The molecule has 12 heavy (non-hydrogen) atoms. The fraction of sp³-hybridized carbons (Fsp3) is 0.222. The van der Waals surface area contributed by atoms with Crippen molar-refractivity contribution >= 4 is 6.47 Å². The zero-order valence-electron chi connectivity index (χ0n) is 7.11. The normalized spacial score (nSPS) is 8.17. The Labute approximate surface area is 71.3 Å². The van der Waals surface area contributed by atoms with Crippen molar-refractivity contribution in [2.75, 3.05) is 0 Å². The average molecular weight is 168 g/mol. The highest BCUT2D eigenvalue weighted by Gasteiger charge is 1.90. The Balaban J connectivity index is 0.000000354. The van der Waals surface area contributed by atoms with E-state index in [9.17, 15) is 0 Å². The van der Waals surface area contributed by atoms with Gasteiger partial charge in [-0.2, -0.15) is 0 Å². The molecular weight excluding hydrogens is 156 g/mol. The molecule has 0 bridgehead atoms. The van der Waals surface area contributed by atoms with Crippen LogP contribution in [0.5, 0.6) is 5.75 Å². The minimum absolute atomic E-state index is 0.250. The third kappa shape index (κ3) is 3.61. The van der Waals surface area contributed by atoms with E-state index in [1.165, 1.54) is 5.56 Å². The molecule has 0 heterocycles. The summed E-state index contributed by atoms with van der Waals surface area (Å²) >= 11 is 0. The molecule has 3 nitrogen and oxygen atoms in total. The van der Waals surface area contributed by atoms with Crippen LogP contribution in [0.15, 0.2) is 18.2 Å². The molecule has 0 spiro atoms. The van der Waals surface area contributed by atoms with Crippen LogP contribution in [0.4, 0.5) is 0 Å². The standard InChI is InChI=1S/C8H10O.CH2O2/c1-6-3-4-8(9)5-7(6)2;2-1-3/h3-5,9H,1-2H3;1H,(H,2,3). The first-order valence-corrected chi connectivity index (χ1v) is 3.46. The Bertz CT molecular complexity index is 256. The first-order valence-electron chi connectivity index (χ1n) is 3.46. The summed E-state index contributed by atoms with van der Waals surface area (Å²) in [6.45, 7) is 3.75. The fourth-order valence-electron chi connectivity index (χ4n) is 0.726. The Morgan fingerprint density at radius 1 is 1.25 bits per heavy atom. The predicted octanol–water partition coefficient (Wildman–Crippen LogP) is 1.71. The Kier molecular flexibility index (Phi) is 4.53. The number of rotatable bonds is 0. The topological polar surface area (TPSA) is 57.5 Å². The number of hydrogen-bond donors (Lipinski definition) is 2. The Morgan fingerprint density at radius 2 is 1.75 bits per heavy atom. The number of carbonyl (C=O) groups is 1. The maximum atomic E-state index is 8.94. The van der Waals surface area contributed by atoms with Gasteiger partial charge < -0.3 is 10.2 Å². The third-order valence-corrected chi connectivity index (χ3v) is 1.49. The number of aromatic hydroxyl groups is 1. The zero-order chi connectivity index (χ0) is 9.56. The van der Waals surface area contributed by atoms with E-state index in [0.29, 0.717) is 5.75 Å². The largest absolute Gasteiger partial charge is 0.508 e. The van der Waals surface area contributed by atoms with Gasteiger partial charge in [-0.15, -0.1) is 0 Å². The lowest BCUT2D eigenvalue weighted by atomic mass is 10.1. The van der Waals surface area contributed by atoms with Crippen molar-refractivity contribution in [3.05, 3.63) is 29.3 Å². The van der Waals surface area contributed by atoms with Gasteiger partial charge in [0.1, 0.15) is 5.75 Å². The lowest BCUT2D eigenvalue weighted by molar-refractivity contribution is -0.122. The fourth-order valence-corrected chi connectivity index (χ4v) is 0.726. The second-order valence-electron chi connectivity index (χ2n) is 2.37. The van der Waals surface area contributed by atoms with E-state index in [1.54, 1.807) is 12.1 Å². The van der Waals surface area contributed by atoms with Gasteiger partial charge in [-0.1, -0.05) is 6.07 Å². The second-order valence-corrected chi connectivity index (χ2v) is 2.37. The Morgan fingerprint density at radius 3 is 2.08 bits per heavy atom. The lowest BCUT2D eigenvalue weighted by Gasteiger charge is -1.97. The van der Waals surface area contributed by atoms with Crippen LogP contribution in [0.1, 0.15) is 11.1 Å². The van der Waals surface area contributed by atoms with Crippen LogP contribution < -0.4 is 0 Å². The second kappa shape index (κ2) is 5.18. The summed E-state index contributed by atoms with van der Waals surface area (Å²) in [5.41, 5.74) is 2.35. The van der Waals surface area contributed by atoms with Gasteiger partial charge in [-0.25, -0.2) is 0 Å². The molecule has 0 amide bonds. The maximum absolute atomic E-state index is 8.94. The first kappa shape index (κ1) is 10.5. The molecule has 0 saturated carbocycles. The zero-order valence-corrected chi connectivity index (χ0v) is 7.11. The third-order valence-electron chi connectivity index (χ3n) is 1.49. The summed E-state index contributed by atoms with van der Waals surface area (Å²) in [7, 11) is 0. The van der Waals surface area contributed by atoms with Crippen molar-refractivity contribution < 1.29 is 15.0 Å². The number of phenols is 1. The van der Waals surface area contributed by atoms with Crippen LogP contribution in [0.3, 0.4) is 0 Å². The first-order chi connectivity index (χ1) is 5.61. The van der Waals surface area contributed by atoms with Gasteiger partial charge in [0.2, 0.25) is 0 Å². The highest BCUT2D eigenvalue weighted by molar-refractivity contribution is 5.33. The van der Waals surface area contributed by atoms with Crippen LogP contribution in [0, 0.1) is 13.8 Å². The number of benzene rings is 1. The van der Waals surface area contributed by atoms with Gasteiger partial charge in [-0.3, -0.25) is 4.79 Å². The molecule has 0 fully saturated rings. The van der Waals surface area contributed by atoms with Crippen molar-refractivity contribution in [2.24, 2.45) is 0 Å². The van der Waals surface area contributed by atoms with Crippen LogP contribution in [-0.4, -0.2) is 16.7 Å². The highest BCUT2D eigenvalue weighted by Crippen LogP contribution is 2.13. The van der Waals surface area contributed by atoms with E-state index in [0.717, 1.165) is 5.56 Å². The van der Waals surface area contributed by atoms with Crippen LogP contribution in [-0.2, 0) is 4.79 Å². The molecule has 66 valence electrons. The number of carboxylic acid groups (broad SMARTS) is 1. The van der Waals surface area contributed by atoms with Crippen molar-refractivity contribution in [1.29, 1.82) is 0 Å². The molecule has 0 saturated heterocycles. The van der Waals surface area contributed by atoms with E-state index >= 15 is 0 Å². The molecule has 0 aliphatic rings. The van der Waals surface area contributed by atoms with E-state index in [-0.39, 0.29) is 6.47 Å². The SMILES string of the molecule is Cc1ccc(O)cc1C.O=CO. The molecule has 1 aromatic carbocycles. The van der Waals surface area contributed by atoms with E-state index in [4.69, 9.17) is 15.0 Å². The molecule has 0 aromatic heterocycles. The van der Waals surface area contributed by atoms with Gasteiger partial charge in [0.25, 0.3) is 6.47 Å². The molecule has 3 heteroatoms. The molecule has 0 aliphatic heterocycles. The maximum Gasteiger partial charge on any atom is 0.290 e. The quantitative estimate of drug-likeness (QED) is 0.580. The van der Waals surface area contributed by atoms with Crippen LogP contribution >= 0.6 is 0 Å². The summed E-state index contributed by atoms with van der Waals surface area (Å²) in [6, 6.07) is 5.36. The number of hydrogen-bond acceptors (Lipinski definition) is 2. The van der Waals surface area contributed by atoms with E-state index in [1.807, 2.05) is 19.9 Å². The van der Waals surface area contributed by atoms with Crippen molar-refractivity contribution in [3.8, 4) is 5.75 Å². The number of aryl methyl sites for hydroxylation is 2. The van der Waals surface area contributed by atoms with Gasteiger partial charge in [0, 0.05) is 0 Å². The van der Waals surface area contributed by atoms with Gasteiger partial charge in [-0.05, 0) is 37.1 Å². The summed E-state index contributed by atoms with van der Waals surface area (Å²) in [5.74, 6) is 0.345. The summed E-state index contributed by atoms with van der Waals surface area (Å²) < 4.78 is 0. The Hall–Kier alpha value is -1.51. The highest BCUT2D eigenvalue weighted by atomic mass is 16.3. The smallest absolute Gasteiger partial charge is 0.290 e. The van der Waals surface area contributed by atoms with E-state index < -0.39 is 0 Å². The molecule has 0 atom stereocenters. The molecular formula is C9H12O3. The average Bonchev–Trinajstić information content (AvgIpc) is 1.99. The molecule has 2 N–H and O–H groups in total. The monoisotopic (exact) mass is 168 g/mol. The van der Waals surface area contributed by atoms with Crippen molar-refractivity contribution in [2.45, 2.75) is 13.8 Å². The van der Waals surface area contributed by atoms with Crippen LogP contribution in [0.25, 0.3) is 0 Å². The summed E-state index contributed by atoms with van der Waals surface area (Å²) in [6.07, 6.45) is 0. The predicted molar refractivity (Wildman–Crippen MR) is 46.3 cm³/mol.